The zero-order chi connectivity index (χ0) is 13.9. The average molecular weight is 334 g/mol. The van der Waals surface area contributed by atoms with E-state index >= 15 is 0 Å². The quantitative estimate of drug-likeness (QED) is 0.851. The molecular formula is C12H14BrClN2O2. The lowest BCUT2D eigenvalue weighted by Gasteiger charge is -2.19. The van der Waals surface area contributed by atoms with Crippen LogP contribution in [0.5, 0.6) is 0 Å². The van der Waals surface area contributed by atoms with Crippen LogP contribution in [0.3, 0.4) is 0 Å². The lowest BCUT2D eigenvalue weighted by atomic mass is 10.2. The van der Waals surface area contributed by atoms with Gasteiger partial charge in [-0.3, -0.25) is 9.59 Å². The molecule has 0 aromatic heterocycles. The Morgan fingerprint density at radius 3 is 2.33 bits per heavy atom. The van der Waals surface area contributed by atoms with Crippen LogP contribution in [0.15, 0.2) is 22.7 Å². The largest absolute Gasteiger partial charge is 0.347 e. The van der Waals surface area contributed by atoms with Crippen molar-refractivity contribution in [3.63, 3.8) is 0 Å². The highest BCUT2D eigenvalue weighted by atomic mass is 79.9. The molecular weight excluding hydrogens is 320 g/mol. The molecule has 0 aliphatic rings. The van der Waals surface area contributed by atoms with Gasteiger partial charge in [-0.25, -0.2) is 0 Å². The number of likely N-dealkylation sites (N-methyl/N-ethyl adjacent to an activating group) is 2. The second-order valence-electron chi connectivity index (χ2n) is 4.11. The van der Waals surface area contributed by atoms with Crippen LogP contribution in [0, 0.1) is 0 Å². The Labute approximate surface area is 120 Å². The molecule has 0 radical (unpaired) electrons. The molecule has 18 heavy (non-hydrogen) atoms. The van der Waals surface area contributed by atoms with Crippen LogP contribution in [0.2, 0.25) is 5.02 Å². The summed E-state index contributed by atoms with van der Waals surface area (Å²) >= 11 is 9.15. The minimum atomic E-state index is -0.242. The number of rotatable bonds is 3. The molecule has 1 rings (SSSR count). The van der Waals surface area contributed by atoms with E-state index in [2.05, 4.69) is 15.9 Å². The first kappa shape index (κ1) is 15.0. The first-order valence-corrected chi connectivity index (χ1v) is 6.40. The van der Waals surface area contributed by atoms with Crippen molar-refractivity contribution in [2.75, 3.05) is 27.7 Å². The van der Waals surface area contributed by atoms with Gasteiger partial charge in [-0.2, -0.15) is 0 Å². The third-order valence-electron chi connectivity index (χ3n) is 2.33. The van der Waals surface area contributed by atoms with Crippen LogP contribution in [-0.4, -0.2) is 49.3 Å². The number of benzene rings is 1. The van der Waals surface area contributed by atoms with Crippen LogP contribution >= 0.6 is 27.5 Å². The molecule has 98 valence electrons. The summed E-state index contributed by atoms with van der Waals surface area (Å²) in [5.74, 6) is -0.375. The van der Waals surface area contributed by atoms with E-state index in [1.54, 1.807) is 39.3 Å². The number of halogens is 2. The molecule has 0 saturated carbocycles. The molecule has 6 heteroatoms. The molecule has 0 N–H and O–H groups in total. The summed E-state index contributed by atoms with van der Waals surface area (Å²) in [5.41, 5.74) is 0.448. The second kappa shape index (κ2) is 6.20. The summed E-state index contributed by atoms with van der Waals surface area (Å²) in [4.78, 5) is 26.4. The normalized spacial score (nSPS) is 10.1. The molecule has 0 heterocycles. The van der Waals surface area contributed by atoms with Crippen molar-refractivity contribution in [1.29, 1.82) is 0 Å². The van der Waals surface area contributed by atoms with E-state index in [1.807, 2.05) is 0 Å². The standard InChI is InChI=1S/C12H14BrClN2O2/c1-15(2)11(17)7-16(3)12(18)8-4-9(13)6-10(14)5-8/h4-6H,7H2,1-3H3. The molecule has 2 amide bonds. The fraction of sp³-hybridized carbons (Fsp3) is 0.333. The third-order valence-corrected chi connectivity index (χ3v) is 3.00. The highest BCUT2D eigenvalue weighted by molar-refractivity contribution is 9.10. The van der Waals surface area contributed by atoms with Gasteiger partial charge in [0.2, 0.25) is 5.91 Å². The molecule has 4 nitrogen and oxygen atoms in total. The van der Waals surface area contributed by atoms with Gasteiger partial charge in [0.15, 0.2) is 0 Å². The summed E-state index contributed by atoms with van der Waals surface area (Å²) in [6, 6.07) is 4.94. The average Bonchev–Trinajstić information content (AvgIpc) is 2.26. The summed E-state index contributed by atoms with van der Waals surface area (Å²) in [6.07, 6.45) is 0. The van der Waals surface area contributed by atoms with Gasteiger partial charge in [0, 0.05) is 36.2 Å². The van der Waals surface area contributed by atoms with Gasteiger partial charge in [0.1, 0.15) is 0 Å². The smallest absolute Gasteiger partial charge is 0.254 e. The van der Waals surface area contributed by atoms with Crippen molar-refractivity contribution in [2.45, 2.75) is 0 Å². The van der Waals surface area contributed by atoms with E-state index in [0.717, 1.165) is 4.47 Å². The topological polar surface area (TPSA) is 40.6 Å². The van der Waals surface area contributed by atoms with E-state index in [1.165, 1.54) is 9.80 Å². The Bertz CT molecular complexity index is 457. The lowest BCUT2D eigenvalue weighted by molar-refractivity contribution is -0.129. The number of amides is 2. The molecule has 0 bridgehead atoms. The van der Waals surface area contributed by atoms with Crippen LogP contribution in [0.25, 0.3) is 0 Å². The maximum atomic E-state index is 12.1. The third kappa shape index (κ3) is 3.99. The highest BCUT2D eigenvalue weighted by Crippen LogP contribution is 2.20. The minimum Gasteiger partial charge on any atom is -0.347 e. The molecule has 0 unspecified atom stereocenters. The van der Waals surface area contributed by atoms with E-state index in [-0.39, 0.29) is 18.4 Å². The van der Waals surface area contributed by atoms with E-state index in [0.29, 0.717) is 10.6 Å². The van der Waals surface area contributed by atoms with Gasteiger partial charge >= 0.3 is 0 Å². The van der Waals surface area contributed by atoms with Crippen LogP contribution in [-0.2, 0) is 4.79 Å². The SMILES string of the molecule is CN(C)C(=O)CN(C)C(=O)c1cc(Cl)cc(Br)c1. The number of nitrogens with zero attached hydrogens (tertiary/aromatic N) is 2. The predicted octanol–water partition coefficient (Wildman–Crippen LogP) is 2.26. The maximum absolute atomic E-state index is 12.1. The van der Waals surface area contributed by atoms with Crippen molar-refractivity contribution >= 4 is 39.3 Å². The van der Waals surface area contributed by atoms with E-state index in [9.17, 15) is 9.59 Å². The van der Waals surface area contributed by atoms with E-state index < -0.39 is 0 Å². The fourth-order valence-corrected chi connectivity index (χ4v) is 2.17. The Kier molecular flexibility index (Phi) is 5.16. The van der Waals surface area contributed by atoms with Crippen molar-refractivity contribution in [3.05, 3.63) is 33.3 Å². The summed E-state index contributed by atoms with van der Waals surface area (Å²) < 4.78 is 0.727. The van der Waals surface area contributed by atoms with Gasteiger partial charge in [-0.15, -0.1) is 0 Å². The zero-order valence-corrected chi connectivity index (χ0v) is 12.7. The van der Waals surface area contributed by atoms with Crippen molar-refractivity contribution in [3.8, 4) is 0 Å². The summed E-state index contributed by atoms with van der Waals surface area (Å²) in [5, 5.41) is 0.472. The van der Waals surface area contributed by atoms with Crippen molar-refractivity contribution in [1.82, 2.24) is 9.80 Å². The molecule has 0 atom stereocenters. The zero-order valence-electron chi connectivity index (χ0n) is 10.4. The van der Waals surface area contributed by atoms with Crippen molar-refractivity contribution in [2.24, 2.45) is 0 Å². The molecule has 0 spiro atoms. The highest BCUT2D eigenvalue weighted by Gasteiger charge is 2.16. The number of hydrogen-bond acceptors (Lipinski definition) is 2. The number of carbonyl (C=O) groups excluding carboxylic acids is 2. The maximum Gasteiger partial charge on any atom is 0.254 e. The van der Waals surface area contributed by atoms with Gasteiger partial charge in [0.05, 0.1) is 6.54 Å². The molecule has 0 fully saturated rings. The predicted molar refractivity (Wildman–Crippen MR) is 74.8 cm³/mol. The van der Waals surface area contributed by atoms with Crippen molar-refractivity contribution < 1.29 is 9.59 Å². The Hall–Kier alpha value is -1.07. The molecule has 0 aliphatic carbocycles. The number of hydrogen-bond donors (Lipinski definition) is 0. The molecule has 1 aromatic rings. The summed E-state index contributed by atoms with van der Waals surface area (Å²) in [6.45, 7) is 0.0377. The van der Waals surface area contributed by atoms with Crippen LogP contribution < -0.4 is 0 Å². The van der Waals surface area contributed by atoms with Gasteiger partial charge in [-0.05, 0) is 18.2 Å². The monoisotopic (exact) mass is 332 g/mol. The van der Waals surface area contributed by atoms with Crippen LogP contribution in [0.1, 0.15) is 10.4 Å². The lowest BCUT2D eigenvalue weighted by Crippen LogP contribution is -2.37. The van der Waals surface area contributed by atoms with Gasteiger partial charge in [0.25, 0.3) is 5.91 Å². The summed E-state index contributed by atoms with van der Waals surface area (Å²) in [7, 11) is 4.88. The second-order valence-corrected chi connectivity index (χ2v) is 5.46. The Balaban J connectivity index is 2.83. The molecule has 0 saturated heterocycles. The number of carbonyl (C=O) groups is 2. The molecule has 0 aliphatic heterocycles. The first-order valence-electron chi connectivity index (χ1n) is 5.23. The van der Waals surface area contributed by atoms with E-state index in [4.69, 9.17) is 11.6 Å². The van der Waals surface area contributed by atoms with Crippen LogP contribution in [0.4, 0.5) is 0 Å². The Morgan fingerprint density at radius 2 is 1.83 bits per heavy atom. The van der Waals surface area contributed by atoms with Gasteiger partial charge < -0.3 is 9.80 Å². The molecule has 1 aromatic carbocycles. The fourth-order valence-electron chi connectivity index (χ4n) is 1.31. The minimum absolute atomic E-state index is 0.0377. The first-order chi connectivity index (χ1) is 8.31. The van der Waals surface area contributed by atoms with Gasteiger partial charge in [-0.1, -0.05) is 27.5 Å². The Morgan fingerprint density at radius 1 is 1.22 bits per heavy atom.